The molecule has 1 saturated heterocycles. The van der Waals surface area contributed by atoms with E-state index >= 15 is 0 Å². The molecule has 1 unspecified atom stereocenters. The van der Waals surface area contributed by atoms with Crippen molar-refractivity contribution >= 4 is 17.4 Å². The number of nitrogens with zero attached hydrogens (tertiary/aromatic N) is 2. The number of pyridine rings is 1. The second-order valence-corrected chi connectivity index (χ2v) is 5.25. The average molecular weight is 286 g/mol. The van der Waals surface area contributed by atoms with Gasteiger partial charge in [0.05, 0.1) is 7.11 Å². The molecule has 0 bridgehead atoms. The first-order valence-electron chi connectivity index (χ1n) is 7.17. The molecule has 5 nitrogen and oxygen atoms in total. The minimum Gasteiger partial charge on any atom is -0.467 e. The van der Waals surface area contributed by atoms with E-state index in [0.29, 0.717) is 18.7 Å². The molecular formula is C16H18N2O3. The number of aromatic nitrogens is 1. The molecule has 2 aromatic rings. The van der Waals surface area contributed by atoms with Gasteiger partial charge in [0.25, 0.3) is 5.91 Å². The summed E-state index contributed by atoms with van der Waals surface area (Å²) >= 11 is 0. The first-order chi connectivity index (χ1) is 10.2. The van der Waals surface area contributed by atoms with Crippen molar-refractivity contribution < 1.29 is 14.3 Å². The monoisotopic (exact) mass is 286 g/mol. The van der Waals surface area contributed by atoms with Crippen molar-refractivity contribution in [3.63, 3.8) is 0 Å². The lowest BCUT2D eigenvalue weighted by Gasteiger charge is -2.33. The van der Waals surface area contributed by atoms with E-state index in [0.717, 1.165) is 18.4 Å². The van der Waals surface area contributed by atoms with Gasteiger partial charge in [-0.25, -0.2) is 4.79 Å². The van der Waals surface area contributed by atoms with E-state index in [9.17, 15) is 9.59 Å². The second kappa shape index (κ2) is 5.60. The molecule has 0 saturated carbocycles. The summed E-state index contributed by atoms with van der Waals surface area (Å²) in [7, 11) is 1.37. The fourth-order valence-corrected chi connectivity index (χ4v) is 2.93. The molecule has 1 aliphatic rings. The largest absolute Gasteiger partial charge is 0.467 e. The van der Waals surface area contributed by atoms with Gasteiger partial charge in [-0.15, -0.1) is 0 Å². The van der Waals surface area contributed by atoms with Gasteiger partial charge in [0.1, 0.15) is 11.7 Å². The van der Waals surface area contributed by atoms with Gasteiger partial charge < -0.3 is 14.0 Å². The van der Waals surface area contributed by atoms with Gasteiger partial charge in [0.2, 0.25) is 0 Å². The van der Waals surface area contributed by atoms with Crippen LogP contribution in [0.1, 0.15) is 29.8 Å². The van der Waals surface area contributed by atoms with Crippen LogP contribution >= 0.6 is 0 Å². The number of methoxy groups -OCH3 is 1. The molecule has 3 rings (SSSR count). The highest BCUT2D eigenvalue weighted by molar-refractivity contribution is 5.96. The summed E-state index contributed by atoms with van der Waals surface area (Å²) in [5.74, 6) is -0.444. The predicted molar refractivity (Wildman–Crippen MR) is 78.1 cm³/mol. The number of piperidine rings is 1. The lowest BCUT2D eigenvalue weighted by molar-refractivity contribution is -0.147. The molecule has 3 heterocycles. The Morgan fingerprint density at radius 1 is 1.19 bits per heavy atom. The Morgan fingerprint density at radius 3 is 2.86 bits per heavy atom. The summed E-state index contributed by atoms with van der Waals surface area (Å²) in [4.78, 5) is 26.3. The van der Waals surface area contributed by atoms with Crippen molar-refractivity contribution in [1.82, 2.24) is 9.30 Å². The topological polar surface area (TPSA) is 51.0 Å². The summed E-state index contributed by atoms with van der Waals surface area (Å²) in [6, 6.07) is 9.01. The number of ether oxygens (including phenoxy) is 1. The molecule has 0 N–H and O–H groups in total. The average Bonchev–Trinajstić information content (AvgIpc) is 2.97. The maximum absolute atomic E-state index is 12.8. The molecule has 2 aromatic heterocycles. The number of rotatable bonds is 2. The summed E-state index contributed by atoms with van der Waals surface area (Å²) in [6.45, 7) is 0.596. The van der Waals surface area contributed by atoms with Gasteiger partial charge in [-0.05, 0) is 43.5 Å². The van der Waals surface area contributed by atoms with Crippen LogP contribution in [-0.2, 0) is 9.53 Å². The Morgan fingerprint density at radius 2 is 2.05 bits per heavy atom. The number of likely N-dealkylation sites (tertiary alicyclic amines) is 1. The molecule has 0 spiro atoms. The maximum Gasteiger partial charge on any atom is 0.328 e. The van der Waals surface area contributed by atoms with Crippen LogP contribution in [0.25, 0.3) is 5.52 Å². The molecule has 1 atom stereocenters. The molecule has 1 aliphatic heterocycles. The fraction of sp³-hybridized carbons (Fsp3) is 0.375. The zero-order valence-corrected chi connectivity index (χ0v) is 12.0. The van der Waals surface area contributed by atoms with Crippen molar-refractivity contribution in [3.05, 3.63) is 42.2 Å². The van der Waals surface area contributed by atoms with Crippen molar-refractivity contribution in [1.29, 1.82) is 0 Å². The molecule has 1 amide bonds. The molecule has 21 heavy (non-hydrogen) atoms. The van der Waals surface area contributed by atoms with Crippen LogP contribution in [0.2, 0.25) is 0 Å². The fourth-order valence-electron chi connectivity index (χ4n) is 2.93. The zero-order chi connectivity index (χ0) is 14.8. The molecule has 0 aromatic carbocycles. The van der Waals surface area contributed by atoms with Gasteiger partial charge in [-0.2, -0.15) is 0 Å². The normalized spacial score (nSPS) is 18.7. The summed E-state index contributed by atoms with van der Waals surface area (Å²) in [6.07, 6.45) is 4.39. The highest BCUT2D eigenvalue weighted by Crippen LogP contribution is 2.21. The number of esters is 1. The Bertz CT molecular complexity index is 677. The van der Waals surface area contributed by atoms with E-state index < -0.39 is 6.04 Å². The third kappa shape index (κ3) is 2.39. The Hall–Kier alpha value is -2.30. The van der Waals surface area contributed by atoms with Crippen molar-refractivity contribution in [2.24, 2.45) is 0 Å². The number of carbonyl (C=O) groups is 2. The van der Waals surface area contributed by atoms with E-state index in [1.807, 2.05) is 34.9 Å². The Labute approximate surface area is 123 Å². The van der Waals surface area contributed by atoms with E-state index in [-0.39, 0.29) is 11.9 Å². The molecular weight excluding hydrogens is 268 g/mol. The van der Waals surface area contributed by atoms with Crippen LogP contribution in [0.15, 0.2) is 36.5 Å². The van der Waals surface area contributed by atoms with Crippen LogP contribution in [-0.4, -0.2) is 40.9 Å². The minimum atomic E-state index is -0.467. The van der Waals surface area contributed by atoms with Crippen LogP contribution in [0.4, 0.5) is 0 Å². The zero-order valence-electron chi connectivity index (χ0n) is 12.0. The Balaban J connectivity index is 1.94. The van der Waals surface area contributed by atoms with E-state index in [4.69, 9.17) is 4.74 Å². The third-order valence-corrected chi connectivity index (χ3v) is 4.02. The standard InChI is InChI=1S/C16H18N2O3/c1-21-16(20)14-7-3-5-11-18(14)15(19)13-9-8-12-6-2-4-10-17(12)13/h2,4,6,8-10,14H,3,5,7,11H2,1H3. The molecule has 5 heteroatoms. The second-order valence-electron chi connectivity index (χ2n) is 5.25. The molecule has 1 fully saturated rings. The molecule has 0 radical (unpaired) electrons. The quantitative estimate of drug-likeness (QED) is 0.794. The highest BCUT2D eigenvalue weighted by Gasteiger charge is 2.34. The minimum absolute atomic E-state index is 0.115. The Kier molecular flexibility index (Phi) is 3.64. The van der Waals surface area contributed by atoms with E-state index in [1.54, 1.807) is 11.0 Å². The summed E-state index contributed by atoms with van der Waals surface area (Å²) < 4.78 is 6.69. The number of carbonyl (C=O) groups excluding carboxylic acids is 2. The molecule has 110 valence electrons. The van der Waals surface area contributed by atoms with Gasteiger partial charge in [-0.3, -0.25) is 4.79 Å². The van der Waals surface area contributed by atoms with Crippen LogP contribution in [0.5, 0.6) is 0 Å². The smallest absolute Gasteiger partial charge is 0.328 e. The number of hydrogen-bond donors (Lipinski definition) is 0. The predicted octanol–water partition coefficient (Wildman–Crippen LogP) is 2.11. The maximum atomic E-state index is 12.8. The van der Waals surface area contributed by atoms with Gasteiger partial charge in [0.15, 0.2) is 0 Å². The number of amides is 1. The highest BCUT2D eigenvalue weighted by atomic mass is 16.5. The first kappa shape index (κ1) is 13.7. The lowest BCUT2D eigenvalue weighted by atomic mass is 10.0. The van der Waals surface area contributed by atoms with Crippen LogP contribution in [0.3, 0.4) is 0 Å². The van der Waals surface area contributed by atoms with Gasteiger partial charge in [-0.1, -0.05) is 6.07 Å². The van der Waals surface area contributed by atoms with Crippen molar-refractivity contribution in [3.8, 4) is 0 Å². The third-order valence-electron chi connectivity index (χ3n) is 4.02. The SMILES string of the molecule is COC(=O)C1CCCCN1C(=O)c1ccc2ccccn12. The van der Waals surface area contributed by atoms with E-state index in [2.05, 4.69) is 0 Å². The lowest BCUT2D eigenvalue weighted by Crippen LogP contribution is -2.48. The van der Waals surface area contributed by atoms with Crippen LogP contribution < -0.4 is 0 Å². The summed E-state index contributed by atoms with van der Waals surface area (Å²) in [5, 5.41) is 0. The van der Waals surface area contributed by atoms with Crippen LogP contribution in [0, 0.1) is 0 Å². The van der Waals surface area contributed by atoms with Crippen molar-refractivity contribution in [2.45, 2.75) is 25.3 Å². The van der Waals surface area contributed by atoms with Crippen molar-refractivity contribution in [2.75, 3.05) is 13.7 Å². The van der Waals surface area contributed by atoms with Gasteiger partial charge >= 0.3 is 5.97 Å². The van der Waals surface area contributed by atoms with Gasteiger partial charge in [0, 0.05) is 18.3 Å². The number of hydrogen-bond acceptors (Lipinski definition) is 3. The van der Waals surface area contributed by atoms with E-state index in [1.165, 1.54) is 7.11 Å². The first-order valence-corrected chi connectivity index (χ1v) is 7.17. The number of fused-ring (bicyclic) bond motifs is 1. The summed E-state index contributed by atoms with van der Waals surface area (Å²) in [5.41, 5.74) is 1.55. The molecule has 0 aliphatic carbocycles.